The molecule has 1 atom stereocenters. The number of ether oxygens (including phenoxy) is 1. The summed E-state index contributed by atoms with van der Waals surface area (Å²) in [5.41, 5.74) is 2.48. The number of nitrogens with zero attached hydrogens (tertiary/aromatic N) is 3. The lowest BCUT2D eigenvalue weighted by Gasteiger charge is -2.15. The van der Waals surface area contributed by atoms with Gasteiger partial charge in [0.25, 0.3) is 0 Å². The van der Waals surface area contributed by atoms with E-state index in [-0.39, 0.29) is 19.8 Å². The molecule has 0 fully saturated rings. The average Bonchev–Trinajstić information content (AvgIpc) is 3.03. The fourth-order valence-corrected chi connectivity index (χ4v) is 2.98. The van der Waals surface area contributed by atoms with E-state index in [2.05, 4.69) is 16.4 Å². The van der Waals surface area contributed by atoms with E-state index < -0.39 is 6.10 Å². The maximum atomic E-state index is 10.2. The Labute approximate surface area is 167 Å². The van der Waals surface area contributed by atoms with Crippen molar-refractivity contribution in [2.24, 2.45) is 0 Å². The van der Waals surface area contributed by atoms with Crippen molar-refractivity contribution in [2.45, 2.75) is 19.1 Å². The number of anilines is 1. The number of nitriles is 1. The van der Waals surface area contributed by atoms with Gasteiger partial charge in [-0.15, -0.1) is 0 Å². The number of hydrogen-bond donors (Lipinski definition) is 3. The summed E-state index contributed by atoms with van der Waals surface area (Å²) < 4.78 is 7.41. The minimum Gasteiger partial charge on any atom is -0.491 e. The number of aliphatic hydroxyl groups excluding tert-OH is 2. The van der Waals surface area contributed by atoms with Crippen LogP contribution in [0.25, 0.3) is 11.0 Å². The van der Waals surface area contributed by atoms with E-state index in [4.69, 9.17) is 21.6 Å². The normalized spacial score (nSPS) is 11.9. The van der Waals surface area contributed by atoms with Gasteiger partial charge in [0.2, 0.25) is 5.95 Å². The first kappa shape index (κ1) is 20.0. The molecule has 0 amide bonds. The van der Waals surface area contributed by atoms with Crippen LogP contribution in [0.3, 0.4) is 0 Å². The topological polar surface area (TPSA) is 103 Å². The number of hydrogen-bond acceptors (Lipinski definition) is 6. The molecule has 0 radical (unpaired) electrons. The number of aromatic nitrogens is 2. The summed E-state index contributed by atoms with van der Waals surface area (Å²) in [4.78, 5) is 4.49. The first-order valence-electron chi connectivity index (χ1n) is 8.88. The zero-order chi connectivity index (χ0) is 19.9. The molecule has 8 heteroatoms. The van der Waals surface area contributed by atoms with Gasteiger partial charge in [0.15, 0.2) is 0 Å². The molecular weight excluding hydrogens is 380 g/mol. The van der Waals surface area contributed by atoms with Gasteiger partial charge >= 0.3 is 0 Å². The summed E-state index contributed by atoms with van der Waals surface area (Å²) in [6.45, 7) is 0.659. The number of aliphatic hydroxyl groups is 2. The minimum absolute atomic E-state index is 0.0416. The van der Waals surface area contributed by atoms with Crippen LogP contribution in [0, 0.1) is 11.3 Å². The maximum Gasteiger partial charge on any atom is 0.204 e. The van der Waals surface area contributed by atoms with Crippen molar-refractivity contribution >= 4 is 28.6 Å². The fourth-order valence-electron chi connectivity index (χ4n) is 2.81. The molecule has 0 aliphatic rings. The van der Waals surface area contributed by atoms with Crippen LogP contribution >= 0.6 is 11.6 Å². The Morgan fingerprint density at radius 1 is 1.25 bits per heavy atom. The summed E-state index contributed by atoms with van der Waals surface area (Å²) in [7, 11) is 0. The molecule has 146 valence electrons. The molecule has 0 bridgehead atoms. The number of fused-ring (bicyclic) bond motifs is 1. The Morgan fingerprint density at radius 3 is 2.75 bits per heavy atom. The number of nitrogens with one attached hydrogen (secondary N) is 1. The Bertz CT molecular complexity index is 966. The second-order valence-corrected chi connectivity index (χ2v) is 6.70. The van der Waals surface area contributed by atoms with E-state index in [9.17, 15) is 10.2 Å². The van der Waals surface area contributed by atoms with Crippen molar-refractivity contribution < 1.29 is 14.9 Å². The summed E-state index contributed by atoms with van der Waals surface area (Å²) in [5.74, 6) is 1.18. The lowest BCUT2D eigenvalue weighted by atomic mass is 10.2. The number of rotatable bonds is 9. The predicted octanol–water partition coefficient (Wildman–Crippen LogP) is 2.60. The summed E-state index contributed by atoms with van der Waals surface area (Å²) in [6, 6.07) is 14.7. The molecule has 3 rings (SSSR count). The van der Waals surface area contributed by atoms with E-state index in [1.807, 2.05) is 22.8 Å². The zero-order valence-corrected chi connectivity index (χ0v) is 15.9. The van der Waals surface area contributed by atoms with Gasteiger partial charge in [0.1, 0.15) is 18.5 Å². The van der Waals surface area contributed by atoms with Gasteiger partial charge in [-0.2, -0.15) is 5.26 Å². The van der Waals surface area contributed by atoms with Crippen LogP contribution in [0.15, 0.2) is 42.5 Å². The van der Waals surface area contributed by atoms with Crippen molar-refractivity contribution in [3.63, 3.8) is 0 Å². The molecule has 0 saturated carbocycles. The van der Waals surface area contributed by atoms with E-state index in [0.29, 0.717) is 29.7 Å². The van der Waals surface area contributed by atoms with Gasteiger partial charge in [0.05, 0.1) is 30.1 Å². The van der Waals surface area contributed by atoms with Crippen LogP contribution in [0.2, 0.25) is 5.02 Å². The Kier molecular flexibility index (Phi) is 6.71. The largest absolute Gasteiger partial charge is 0.491 e. The van der Waals surface area contributed by atoms with Crippen LogP contribution in [0.1, 0.15) is 5.56 Å². The Hall–Kier alpha value is -2.79. The Morgan fingerprint density at radius 2 is 2.04 bits per heavy atom. The van der Waals surface area contributed by atoms with Gasteiger partial charge in [-0.3, -0.25) is 0 Å². The molecule has 1 unspecified atom stereocenters. The average molecular weight is 401 g/mol. The molecule has 1 heterocycles. The van der Waals surface area contributed by atoms with Gasteiger partial charge in [-0.1, -0.05) is 23.7 Å². The van der Waals surface area contributed by atoms with Gasteiger partial charge < -0.3 is 24.8 Å². The highest BCUT2D eigenvalue weighted by atomic mass is 35.5. The second-order valence-electron chi connectivity index (χ2n) is 6.27. The molecule has 3 N–H and O–H groups in total. The van der Waals surface area contributed by atoms with E-state index in [1.54, 1.807) is 24.3 Å². The molecule has 1 aromatic heterocycles. The fraction of sp³-hybridized carbons (Fsp3) is 0.300. The highest BCUT2D eigenvalue weighted by Crippen LogP contribution is 2.23. The van der Waals surface area contributed by atoms with Crippen LogP contribution < -0.4 is 10.1 Å². The third kappa shape index (κ3) is 4.93. The molecule has 3 aromatic rings. The number of halogens is 1. The highest BCUT2D eigenvalue weighted by Gasteiger charge is 2.13. The molecular formula is C20H21ClN4O3. The smallest absolute Gasteiger partial charge is 0.204 e. The van der Waals surface area contributed by atoms with Crippen LogP contribution in [-0.4, -0.2) is 45.6 Å². The van der Waals surface area contributed by atoms with E-state index in [0.717, 1.165) is 16.6 Å². The quantitative estimate of drug-likeness (QED) is 0.510. The first-order valence-corrected chi connectivity index (χ1v) is 9.25. The zero-order valence-electron chi connectivity index (χ0n) is 15.2. The third-order valence-corrected chi connectivity index (χ3v) is 4.41. The van der Waals surface area contributed by atoms with E-state index >= 15 is 0 Å². The monoisotopic (exact) mass is 400 g/mol. The maximum absolute atomic E-state index is 10.2. The molecule has 7 nitrogen and oxygen atoms in total. The minimum atomic E-state index is -0.759. The molecule has 2 aromatic carbocycles. The molecule has 0 saturated heterocycles. The van der Waals surface area contributed by atoms with Crippen molar-refractivity contribution in [1.82, 2.24) is 9.55 Å². The third-order valence-electron chi connectivity index (χ3n) is 4.18. The second kappa shape index (κ2) is 9.42. The summed E-state index contributed by atoms with van der Waals surface area (Å²) in [6.07, 6.45) is -0.405. The lowest BCUT2D eigenvalue weighted by Crippen LogP contribution is -2.27. The van der Waals surface area contributed by atoms with Gasteiger partial charge in [-0.05, 0) is 35.9 Å². The van der Waals surface area contributed by atoms with Crippen molar-refractivity contribution in [1.29, 1.82) is 5.26 Å². The van der Waals surface area contributed by atoms with Crippen LogP contribution in [0.5, 0.6) is 5.75 Å². The highest BCUT2D eigenvalue weighted by molar-refractivity contribution is 6.31. The summed E-state index contributed by atoms with van der Waals surface area (Å²) >= 11 is 6.06. The van der Waals surface area contributed by atoms with Crippen molar-refractivity contribution in [2.75, 3.05) is 25.1 Å². The standard InChI is InChI=1S/C20H21ClN4O3/c21-15-3-6-18-19(11-15)25(9-10-26)20(24-18)23-12-16(27)13-28-17-4-1-14(2-5-17)7-8-22/h1-6,11,16,26-27H,7,9-10,12-13H2,(H,23,24). The van der Waals surface area contributed by atoms with Crippen molar-refractivity contribution in [3.05, 3.63) is 53.1 Å². The van der Waals surface area contributed by atoms with Crippen LogP contribution in [-0.2, 0) is 13.0 Å². The van der Waals surface area contributed by atoms with Gasteiger partial charge in [0, 0.05) is 18.1 Å². The first-order chi connectivity index (χ1) is 13.6. The molecule has 28 heavy (non-hydrogen) atoms. The van der Waals surface area contributed by atoms with E-state index in [1.165, 1.54) is 0 Å². The summed E-state index contributed by atoms with van der Waals surface area (Å²) in [5, 5.41) is 31.9. The van der Waals surface area contributed by atoms with Gasteiger partial charge in [-0.25, -0.2) is 4.98 Å². The Balaban J connectivity index is 1.58. The van der Waals surface area contributed by atoms with Crippen LogP contribution in [0.4, 0.5) is 5.95 Å². The van der Waals surface area contributed by atoms with Crippen molar-refractivity contribution in [3.8, 4) is 11.8 Å². The predicted molar refractivity (Wildman–Crippen MR) is 108 cm³/mol. The molecule has 0 aliphatic heterocycles. The lowest BCUT2D eigenvalue weighted by molar-refractivity contribution is 0.117. The number of benzene rings is 2. The molecule has 0 aliphatic carbocycles. The SMILES string of the molecule is N#CCc1ccc(OCC(O)CNc2nc3ccc(Cl)cc3n2CCO)cc1. The molecule has 0 spiro atoms. The number of imidazole rings is 1.